The van der Waals surface area contributed by atoms with Crippen molar-refractivity contribution in [3.8, 4) is 22.4 Å². The van der Waals surface area contributed by atoms with E-state index in [0.29, 0.717) is 22.1 Å². The van der Waals surface area contributed by atoms with E-state index in [2.05, 4.69) is 74.4 Å². The topological polar surface area (TPSA) is 71.2 Å². The molecule has 0 amide bonds. The maximum Gasteiger partial charge on any atom is 0.355 e. The third kappa shape index (κ3) is 4.95. The van der Waals surface area contributed by atoms with Crippen molar-refractivity contribution in [1.82, 2.24) is 14.8 Å². The van der Waals surface area contributed by atoms with Gasteiger partial charge in [0.25, 0.3) is 0 Å². The molecule has 2 aromatic heterocycles. The summed E-state index contributed by atoms with van der Waals surface area (Å²) in [6.07, 6.45) is 10.4. The number of rotatable bonds is 5. The lowest BCUT2D eigenvalue weighted by atomic mass is 9.50. The van der Waals surface area contributed by atoms with E-state index in [-0.39, 0.29) is 11.1 Å². The number of aromatic carboxylic acids is 1. The quantitative estimate of drug-likeness (QED) is 0.360. The first kappa shape index (κ1) is 27.0. The van der Waals surface area contributed by atoms with E-state index < -0.39 is 5.97 Å². The van der Waals surface area contributed by atoms with Gasteiger partial charge in [0, 0.05) is 48.2 Å². The molecule has 2 bridgehead atoms. The number of carboxylic acid groups (broad SMARTS) is 1. The summed E-state index contributed by atoms with van der Waals surface area (Å²) in [5.74, 6) is -0.247. The van der Waals surface area contributed by atoms with Crippen molar-refractivity contribution < 1.29 is 9.90 Å². The Labute approximate surface area is 238 Å². The molecular weight excluding hydrogens is 496 g/mol. The highest BCUT2D eigenvalue weighted by Gasteiger charge is 2.50. The minimum Gasteiger partial charge on any atom is -0.476 e. The molecule has 40 heavy (non-hydrogen) atoms. The van der Waals surface area contributed by atoms with E-state index >= 15 is 0 Å². The van der Waals surface area contributed by atoms with E-state index in [9.17, 15) is 9.90 Å². The number of carboxylic acids is 1. The van der Waals surface area contributed by atoms with Gasteiger partial charge < -0.3 is 10.0 Å². The normalized spacial score (nSPS) is 27.4. The van der Waals surface area contributed by atoms with Gasteiger partial charge in [0.05, 0.1) is 11.9 Å². The number of hydrogen-bond acceptors (Lipinski definition) is 4. The first-order chi connectivity index (χ1) is 18.8. The third-order valence-corrected chi connectivity index (χ3v) is 9.92. The second kappa shape index (κ2) is 9.46. The first-order valence-corrected chi connectivity index (χ1v) is 15.0. The highest BCUT2D eigenvalue weighted by molar-refractivity contribution is 5.95. The Morgan fingerprint density at radius 3 is 2.60 bits per heavy atom. The van der Waals surface area contributed by atoms with Crippen LogP contribution in [-0.4, -0.2) is 39.4 Å². The zero-order valence-corrected chi connectivity index (χ0v) is 25.0. The summed E-state index contributed by atoms with van der Waals surface area (Å²) < 4.78 is 2.11. The van der Waals surface area contributed by atoms with Gasteiger partial charge in [0.15, 0.2) is 5.69 Å². The maximum absolute atomic E-state index is 12.5. The fraction of sp³-hybridized carbons (Fsp3) is 0.559. The number of carbonyl (C=O) groups is 1. The van der Waals surface area contributed by atoms with E-state index in [1.807, 2.05) is 18.3 Å². The van der Waals surface area contributed by atoms with Crippen LogP contribution >= 0.6 is 0 Å². The van der Waals surface area contributed by atoms with Crippen molar-refractivity contribution in [2.45, 2.75) is 86.1 Å². The summed E-state index contributed by atoms with van der Waals surface area (Å²) in [7, 11) is 2.11. The molecule has 3 aromatic rings. The molecule has 6 rings (SSSR count). The van der Waals surface area contributed by atoms with E-state index in [0.717, 1.165) is 48.7 Å². The summed E-state index contributed by atoms with van der Waals surface area (Å²) in [5, 5.41) is 15.0. The molecule has 1 N–H and O–H groups in total. The van der Waals surface area contributed by atoms with Gasteiger partial charge in [-0.3, -0.25) is 4.68 Å². The molecular formula is C34H44N4O2. The molecule has 3 aliphatic rings. The Kier molecular flexibility index (Phi) is 6.39. The number of aryl methyl sites for hydroxylation is 1. The molecule has 2 fully saturated rings. The van der Waals surface area contributed by atoms with Crippen LogP contribution in [0.15, 0.2) is 36.5 Å². The van der Waals surface area contributed by atoms with E-state index in [1.165, 1.54) is 43.4 Å². The standard InChI is InChI=1S/C34H44N4O2/c1-22-27(18-35-38(22)21-34(5)17-23-15-32(2,3)19-33(4,16-23)20-34)26-11-12-28(36-30(26)31(39)40)25-10-9-24-8-7-13-37(6)29(24)14-25/h9-12,14,18,23H,7-8,13,15-17,19-21H2,1-6H3,(H,39,40). The second-order valence-electron chi connectivity index (χ2n) is 14.7. The SMILES string of the molecule is Cc1c(-c2ccc(-c3ccc4c(c3)N(C)CCC4)nc2C(=O)O)cnn1CC1(C)CC2CC(C)(C)CC(C)(C2)C1. The van der Waals surface area contributed by atoms with Gasteiger partial charge in [-0.15, -0.1) is 0 Å². The molecule has 1 aliphatic heterocycles. The van der Waals surface area contributed by atoms with Crippen LogP contribution in [-0.2, 0) is 13.0 Å². The molecule has 212 valence electrons. The fourth-order valence-electron chi connectivity index (χ4n) is 9.20. The fourth-order valence-corrected chi connectivity index (χ4v) is 9.20. The van der Waals surface area contributed by atoms with Gasteiger partial charge in [-0.05, 0) is 97.8 Å². The number of aromatic nitrogens is 3. The highest BCUT2D eigenvalue weighted by atomic mass is 16.4. The van der Waals surface area contributed by atoms with Gasteiger partial charge in [-0.1, -0.05) is 39.8 Å². The summed E-state index contributed by atoms with van der Waals surface area (Å²) >= 11 is 0. The van der Waals surface area contributed by atoms with Gasteiger partial charge >= 0.3 is 5.97 Å². The summed E-state index contributed by atoms with van der Waals surface area (Å²) in [6, 6.07) is 10.2. The van der Waals surface area contributed by atoms with Gasteiger partial charge in [-0.25, -0.2) is 9.78 Å². The molecule has 0 radical (unpaired) electrons. The summed E-state index contributed by atoms with van der Waals surface area (Å²) in [6.45, 7) is 13.8. The van der Waals surface area contributed by atoms with Gasteiger partial charge in [0.2, 0.25) is 0 Å². The number of anilines is 1. The van der Waals surface area contributed by atoms with Crippen molar-refractivity contribution >= 4 is 11.7 Å². The molecule has 3 unspecified atom stereocenters. The second-order valence-corrected chi connectivity index (χ2v) is 14.7. The average Bonchev–Trinajstić information content (AvgIpc) is 3.20. The van der Waals surface area contributed by atoms with Crippen LogP contribution in [0.3, 0.4) is 0 Å². The van der Waals surface area contributed by atoms with Crippen molar-refractivity contribution in [2.24, 2.45) is 22.2 Å². The molecule has 0 saturated heterocycles. The monoisotopic (exact) mass is 540 g/mol. The summed E-state index contributed by atoms with van der Waals surface area (Å²) in [5.41, 5.74) is 7.74. The minimum absolute atomic E-state index is 0.0828. The predicted octanol–water partition coefficient (Wildman–Crippen LogP) is 7.63. The molecule has 3 atom stereocenters. The molecule has 2 saturated carbocycles. The van der Waals surface area contributed by atoms with Crippen LogP contribution in [0.5, 0.6) is 0 Å². The molecule has 0 spiro atoms. The van der Waals surface area contributed by atoms with Crippen LogP contribution in [0.1, 0.15) is 88.0 Å². The molecule has 6 heteroatoms. The van der Waals surface area contributed by atoms with Crippen molar-refractivity contribution in [3.05, 3.63) is 53.5 Å². The lowest BCUT2D eigenvalue weighted by Crippen LogP contribution is -2.46. The summed E-state index contributed by atoms with van der Waals surface area (Å²) in [4.78, 5) is 19.4. The van der Waals surface area contributed by atoms with Crippen LogP contribution in [0.25, 0.3) is 22.4 Å². The molecule has 6 nitrogen and oxygen atoms in total. The van der Waals surface area contributed by atoms with Gasteiger partial charge in [0.1, 0.15) is 0 Å². The van der Waals surface area contributed by atoms with Crippen molar-refractivity contribution in [2.75, 3.05) is 18.5 Å². The lowest BCUT2D eigenvalue weighted by Gasteiger charge is -2.56. The molecule has 2 aliphatic carbocycles. The number of pyridine rings is 1. The Bertz CT molecular complexity index is 1470. The number of fused-ring (bicyclic) bond motifs is 3. The number of nitrogens with zero attached hydrogens (tertiary/aromatic N) is 4. The maximum atomic E-state index is 12.5. The van der Waals surface area contributed by atoms with Gasteiger partial charge in [-0.2, -0.15) is 5.10 Å². The number of hydrogen-bond donors (Lipinski definition) is 1. The van der Waals surface area contributed by atoms with Crippen LogP contribution in [0.4, 0.5) is 5.69 Å². The van der Waals surface area contributed by atoms with Crippen LogP contribution in [0.2, 0.25) is 0 Å². The van der Waals surface area contributed by atoms with Crippen molar-refractivity contribution in [1.29, 1.82) is 0 Å². The minimum atomic E-state index is -1.01. The Hall–Kier alpha value is -3.15. The third-order valence-electron chi connectivity index (χ3n) is 9.92. The van der Waals surface area contributed by atoms with Crippen molar-refractivity contribution in [3.63, 3.8) is 0 Å². The van der Waals surface area contributed by atoms with Crippen LogP contribution < -0.4 is 4.90 Å². The zero-order chi connectivity index (χ0) is 28.4. The smallest absolute Gasteiger partial charge is 0.355 e. The first-order valence-electron chi connectivity index (χ1n) is 15.0. The highest BCUT2D eigenvalue weighted by Crippen LogP contribution is 2.60. The lowest BCUT2D eigenvalue weighted by molar-refractivity contribution is -0.0549. The molecule has 3 heterocycles. The Balaban J connectivity index is 1.29. The Morgan fingerprint density at radius 1 is 1.05 bits per heavy atom. The zero-order valence-electron chi connectivity index (χ0n) is 25.0. The van der Waals surface area contributed by atoms with E-state index in [4.69, 9.17) is 5.10 Å². The van der Waals surface area contributed by atoms with Crippen LogP contribution in [0, 0.1) is 29.1 Å². The average molecular weight is 541 g/mol. The molecule has 1 aromatic carbocycles. The predicted molar refractivity (Wildman–Crippen MR) is 161 cm³/mol. The van der Waals surface area contributed by atoms with E-state index in [1.54, 1.807) is 0 Å². The largest absolute Gasteiger partial charge is 0.476 e. The Morgan fingerprint density at radius 2 is 1.85 bits per heavy atom. The number of benzene rings is 1.